The minimum Gasteiger partial charge on any atom is -0.444 e. The Morgan fingerprint density at radius 3 is 2.47 bits per heavy atom. The summed E-state index contributed by atoms with van der Waals surface area (Å²) in [6, 6.07) is 6.71. The smallest absolute Gasteiger partial charge is 0.410 e. The van der Waals surface area contributed by atoms with Crippen molar-refractivity contribution in [1.82, 2.24) is 29.9 Å². The average molecular weight is 832 g/mol. The molecule has 2 saturated heterocycles. The molecule has 4 heterocycles. The minimum absolute atomic E-state index is 0.0230. The maximum Gasteiger partial charge on any atom is 0.410 e. The molecule has 0 bridgehead atoms. The monoisotopic (exact) mass is 831 g/mol. The van der Waals surface area contributed by atoms with Crippen LogP contribution in [0.1, 0.15) is 56.8 Å². The van der Waals surface area contributed by atoms with E-state index in [1.54, 1.807) is 17.0 Å². The number of hydrogen-bond donors (Lipinski definition) is 3. The van der Waals surface area contributed by atoms with E-state index in [-0.39, 0.29) is 57.1 Å². The number of nitrogens with one attached hydrogen (secondary N) is 3. The molecule has 0 radical (unpaired) electrons. The number of benzene rings is 2. The van der Waals surface area contributed by atoms with Gasteiger partial charge in [0.2, 0.25) is 11.7 Å². The Morgan fingerprint density at radius 2 is 1.76 bits per heavy atom. The Bertz CT molecular complexity index is 2140. The lowest BCUT2D eigenvalue weighted by atomic mass is 9.93. The number of carbonyl (C=O) groups is 3. The van der Waals surface area contributed by atoms with Gasteiger partial charge >= 0.3 is 12.7 Å². The highest BCUT2D eigenvalue weighted by atomic mass is 35.5. The second-order valence-corrected chi connectivity index (χ2v) is 16.5. The van der Waals surface area contributed by atoms with Gasteiger partial charge in [0.1, 0.15) is 5.60 Å². The lowest BCUT2D eigenvalue weighted by molar-refractivity contribution is -0.917. The minimum atomic E-state index is -3.32. The van der Waals surface area contributed by atoms with Crippen molar-refractivity contribution in [3.05, 3.63) is 71.1 Å². The first kappa shape index (κ1) is 42.4. The van der Waals surface area contributed by atoms with Gasteiger partial charge in [0.15, 0.2) is 23.0 Å². The molecule has 3 N–H and O–H groups in total. The van der Waals surface area contributed by atoms with Gasteiger partial charge in [-0.3, -0.25) is 14.0 Å². The summed E-state index contributed by atoms with van der Waals surface area (Å²) >= 11 is 6.49. The van der Waals surface area contributed by atoms with E-state index in [1.807, 2.05) is 20.8 Å². The number of imidazole rings is 1. The zero-order chi connectivity index (χ0) is 41.8. The van der Waals surface area contributed by atoms with Crippen molar-refractivity contribution in [2.75, 3.05) is 58.2 Å². The van der Waals surface area contributed by atoms with Crippen molar-refractivity contribution in [2.45, 2.75) is 58.7 Å². The van der Waals surface area contributed by atoms with Crippen LogP contribution in [0.15, 0.2) is 48.9 Å². The van der Waals surface area contributed by atoms with Crippen molar-refractivity contribution < 1.29 is 45.9 Å². The topological polar surface area (TPSA) is 139 Å². The van der Waals surface area contributed by atoms with Gasteiger partial charge in [-0.25, -0.2) is 19.2 Å². The molecule has 3 amide bonds. The van der Waals surface area contributed by atoms with Crippen molar-refractivity contribution in [3.63, 3.8) is 0 Å². The molecule has 0 aliphatic carbocycles. The lowest BCUT2D eigenvalue weighted by Gasteiger charge is -2.41. The Morgan fingerprint density at radius 1 is 1.02 bits per heavy atom. The first-order chi connectivity index (χ1) is 27.5. The number of rotatable bonds is 13. The number of likely N-dealkylation sites (tertiary alicyclic amines) is 2. The van der Waals surface area contributed by atoms with Crippen LogP contribution >= 0.6 is 11.6 Å². The number of quaternary nitrogens is 1. The fraction of sp³-hybridized carbons (Fsp3) is 0.475. The van der Waals surface area contributed by atoms with E-state index in [1.165, 1.54) is 29.1 Å². The van der Waals surface area contributed by atoms with Gasteiger partial charge < -0.3 is 34.8 Å². The van der Waals surface area contributed by atoms with E-state index in [9.17, 15) is 31.9 Å². The number of amides is 3. The molecule has 0 saturated carbocycles. The number of anilines is 2. The molecule has 13 nitrogen and oxygen atoms in total. The molecule has 2 aromatic heterocycles. The van der Waals surface area contributed by atoms with Crippen LogP contribution in [0.25, 0.3) is 16.9 Å². The van der Waals surface area contributed by atoms with Crippen LogP contribution in [0.3, 0.4) is 0 Å². The normalized spacial score (nSPS) is 19.7. The molecule has 0 spiro atoms. The largest absolute Gasteiger partial charge is 0.444 e. The summed E-state index contributed by atoms with van der Waals surface area (Å²) in [7, 11) is 2.23. The predicted molar refractivity (Wildman–Crippen MR) is 209 cm³/mol. The number of ether oxygens (including phenoxy) is 2. The van der Waals surface area contributed by atoms with Gasteiger partial charge in [-0.1, -0.05) is 11.6 Å². The second kappa shape index (κ2) is 17.8. The lowest BCUT2D eigenvalue weighted by Crippen LogP contribution is -2.54. The fourth-order valence-electron chi connectivity index (χ4n) is 7.51. The van der Waals surface area contributed by atoms with Gasteiger partial charge in [0.05, 0.1) is 49.2 Å². The number of piperidine rings is 1. The van der Waals surface area contributed by atoms with E-state index in [4.69, 9.17) is 16.3 Å². The maximum absolute atomic E-state index is 14.9. The molecule has 18 heteroatoms. The Balaban J connectivity index is 0.935. The first-order valence-electron chi connectivity index (χ1n) is 19.2. The summed E-state index contributed by atoms with van der Waals surface area (Å²) in [5.74, 6) is -3.65. The van der Waals surface area contributed by atoms with Crippen LogP contribution < -0.4 is 20.7 Å². The van der Waals surface area contributed by atoms with Gasteiger partial charge in [-0.2, -0.15) is 13.2 Å². The number of fused-ring (bicyclic) bond motifs is 1. The van der Waals surface area contributed by atoms with E-state index in [0.717, 1.165) is 55.5 Å². The van der Waals surface area contributed by atoms with E-state index >= 15 is 0 Å². The fourth-order valence-corrected chi connectivity index (χ4v) is 7.78. The number of aromatic nitrogens is 3. The quantitative estimate of drug-likeness (QED) is 0.0743. The standard InChI is InChI=1S/C40H47ClF4N8O5/c1-40(2,3)58-39(56)51-16-10-24(22-51)23-53(4)18-11-25(12-19-53)36(54)47-13-5-14-48-37(55)27-7-6-26(20-29(27)41)50-34-35-49-21-30(52(35)17-15-46-34)28-8-9-31(57-38(44)45)33(43)32(28)42/h6-9,15,17,20-21,24-25,38H,5,10-14,16,18-19,22-23H2,1-4H3,(H2-,46,47,48,50,54,55)/p+1. The zero-order valence-electron chi connectivity index (χ0n) is 32.8. The van der Waals surface area contributed by atoms with Gasteiger partial charge in [0, 0.05) is 74.5 Å². The predicted octanol–water partition coefficient (Wildman–Crippen LogP) is 7.02. The third-order valence-electron chi connectivity index (χ3n) is 10.4. The van der Waals surface area contributed by atoms with Crippen molar-refractivity contribution in [3.8, 4) is 17.0 Å². The highest BCUT2D eigenvalue weighted by Crippen LogP contribution is 2.33. The van der Waals surface area contributed by atoms with Crippen molar-refractivity contribution >= 4 is 46.7 Å². The average Bonchev–Trinajstić information content (AvgIpc) is 3.81. The van der Waals surface area contributed by atoms with Crippen LogP contribution in [-0.4, -0.2) is 107 Å². The van der Waals surface area contributed by atoms with Crippen molar-refractivity contribution in [2.24, 2.45) is 11.8 Å². The molecule has 58 heavy (non-hydrogen) atoms. The molecule has 6 rings (SSSR count). The first-order valence-corrected chi connectivity index (χ1v) is 19.6. The summed E-state index contributed by atoms with van der Waals surface area (Å²) in [4.78, 5) is 48.8. The van der Waals surface area contributed by atoms with Crippen LogP contribution in [0, 0.1) is 23.5 Å². The molecule has 312 valence electrons. The van der Waals surface area contributed by atoms with Crippen LogP contribution in [0.5, 0.6) is 5.75 Å². The number of halogens is 5. The number of carbonyl (C=O) groups excluding carboxylic acids is 3. The Kier molecular flexibility index (Phi) is 13.0. The molecular weight excluding hydrogens is 784 g/mol. The van der Waals surface area contributed by atoms with Crippen LogP contribution in [-0.2, 0) is 9.53 Å². The van der Waals surface area contributed by atoms with E-state index in [0.29, 0.717) is 44.2 Å². The highest BCUT2D eigenvalue weighted by molar-refractivity contribution is 6.34. The summed E-state index contributed by atoms with van der Waals surface area (Å²) in [6.45, 7) is 7.18. The highest BCUT2D eigenvalue weighted by Gasteiger charge is 2.38. The molecule has 1 atom stereocenters. The van der Waals surface area contributed by atoms with Crippen LogP contribution in [0.2, 0.25) is 5.02 Å². The summed E-state index contributed by atoms with van der Waals surface area (Å²) < 4.78 is 66.4. The summed E-state index contributed by atoms with van der Waals surface area (Å²) in [5.41, 5.74) is 0.323. The van der Waals surface area contributed by atoms with E-state index in [2.05, 4.69) is 37.7 Å². The SMILES string of the molecule is CC(C)(C)OC(=O)N1CCC(C[N+]2(C)CCC(C(=O)NCCCNC(=O)c3ccc(Nc4nccn5c(-c6ccc(OC(F)F)c(F)c6F)cnc45)cc3Cl)CC2)C1. The molecule has 4 aromatic rings. The Labute approximate surface area is 338 Å². The molecule has 2 aromatic carbocycles. The molecule has 2 fully saturated rings. The third kappa shape index (κ3) is 10.3. The molecular formula is C40H48ClF4N8O5+. The van der Waals surface area contributed by atoms with Crippen LogP contribution in [0.4, 0.5) is 33.9 Å². The third-order valence-corrected chi connectivity index (χ3v) is 10.7. The summed E-state index contributed by atoms with van der Waals surface area (Å²) in [6.07, 6.45) is 6.97. The van der Waals surface area contributed by atoms with Gasteiger partial charge in [-0.15, -0.1) is 0 Å². The van der Waals surface area contributed by atoms with Gasteiger partial charge in [0.25, 0.3) is 5.91 Å². The summed E-state index contributed by atoms with van der Waals surface area (Å²) in [5, 5.41) is 9.07. The number of nitrogens with zero attached hydrogens (tertiary/aromatic N) is 5. The number of alkyl halides is 2. The molecule has 2 aliphatic heterocycles. The van der Waals surface area contributed by atoms with Gasteiger partial charge in [-0.05, 0) is 63.9 Å². The maximum atomic E-state index is 14.9. The molecule has 2 aliphatic rings. The van der Waals surface area contributed by atoms with Crippen molar-refractivity contribution in [1.29, 1.82) is 0 Å². The Hall–Kier alpha value is -5.16. The number of hydrogen-bond acceptors (Lipinski definition) is 8. The second-order valence-electron chi connectivity index (χ2n) is 16.1. The zero-order valence-corrected chi connectivity index (χ0v) is 33.6. The molecule has 1 unspecified atom stereocenters. The van der Waals surface area contributed by atoms with E-state index < -0.39 is 29.6 Å².